The third-order valence-electron chi connectivity index (χ3n) is 2.17. The van der Waals surface area contributed by atoms with Crippen molar-refractivity contribution in [3.63, 3.8) is 0 Å². The Morgan fingerprint density at radius 3 is 2.67 bits per heavy atom. The molecule has 0 aliphatic rings. The zero-order valence-electron chi connectivity index (χ0n) is 7.81. The summed E-state index contributed by atoms with van der Waals surface area (Å²) in [5.74, 6) is -0.0902. The molecule has 2 N–H and O–H groups in total. The van der Waals surface area contributed by atoms with Gasteiger partial charge in [-0.15, -0.1) is 0 Å². The van der Waals surface area contributed by atoms with E-state index in [2.05, 4.69) is 4.98 Å². The summed E-state index contributed by atoms with van der Waals surface area (Å²) in [6.45, 7) is -0.184. The number of phenols is 1. The first-order valence-corrected chi connectivity index (χ1v) is 4.39. The predicted octanol–water partition coefficient (Wildman–Crippen LogP) is 1.30. The Labute approximate surface area is 86.0 Å². The molecule has 0 fully saturated rings. The standard InChI is InChI=1S/C11H8N2O2/c12-5-9-10(15)4-2-7-1-3-8(6-14)13-11(7)9/h1-4,14-15H,6H2. The van der Waals surface area contributed by atoms with Crippen molar-refractivity contribution in [3.8, 4) is 11.8 Å². The molecule has 0 spiro atoms. The van der Waals surface area contributed by atoms with Crippen LogP contribution in [0.25, 0.3) is 10.9 Å². The number of pyridine rings is 1. The van der Waals surface area contributed by atoms with E-state index in [9.17, 15) is 5.11 Å². The van der Waals surface area contributed by atoms with Gasteiger partial charge in [-0.25, -0.2) is 4.98 Å². The molecule has 0 aliphatic heterocycles. The summed E-state index contributed by atoms with van der Waals surface area (Å²) in [6, 6.07) is 8.47. The third kappa shape index (κ3) is 1.49. The summed E-state index contributed by atoms with van der Waals surface area (Å²) in [6.07, 6.45) is 0. The van der Waals surface area contributed by atoms with E-state index >= 15 is 0 Å². The number of nitriles is 1. The lowest BCUT2D eigenvalue weighted by Crippen LogP contribution is -1.91. The lowest BCUT2D eigenvalue weighted by Gasteiger charge is -2.03. The molecule has 15 heavy (non-hydrogen) atoms. The highest BCUT2D eigenvalue weighted by atomic mass is 16.3. The van der Waals surface area contributed by atoms with E-state index in [1.165, 1.54) is 6.07 Å². The average Bonchev–Trinajstić information content (AvgIpc) is 2.28. The minimum Gasteiger partial charge on any atom is -0.506 e. The molecule has 4 heteroatoms. The maximum absolute atomic E-state index is 9.45. The van der Waals surface area contributed by atoms with Gasteiger partial charge in [0.2, 0.25) is 0 Å². The fourth-order valence-corrected chi connectivity index (χ4v) is 1.42. The smallest absolute Gasteiger partial charge is 0.135 e. The normalized spacial score (nSPS) is 10.1. The second-order valence-corrected chi connectivity index (χ2v) is 3.10. The second kappa shape index (κ2) is 3.56. The molecule has 1 aromatic heterocycles. The first-order valence-electron chi connectivity index (χ1n) is 4.39. The molecule has 0 atom stereocenters. The van der Waals surface area contributed by atoms with Crippen molar-refractivity contribution in [3.05, 3.63) is 35.5 Å². The predicted molar refractivity (Wildman–Crippen MR) is 54.0 cm³/mol. The van der Waals surface area contributed by atoms with Crippen LogP contribution in [0.5, 0.6) is 5.75 Å². The van der Waals surface area contributed by atoms with Crippen molar-refractivity contribution in [2.24, 2.45) is 0 Å². The Morgan fingerprint density at radius 1 is 1.27 bits per heavy atom. The topological polar surface area (TPSA) is 77.1 Å². The summed E-state index contributed by atoms with van der Waals surface area (Å²) >= 11 is 0. The van der Waals surface area contributed by atoms with Gasteiger partial charge in [0, 0.05) is 5.39 Å². The van der Waals surface area contributed by atoms with Crippen LogP contribution in [0.1, 0.15) is 11.3 Å². The van der Waals surface area contributed by atoms with Crippen molar-refractivity contribution in [1.82, 2.24) is 4.98 Å². The van der Waals surface area contributed by atoms with Crippen LogP contribution in [0, 0.1) is 11.3 Å². The number of rotatable bonds is 1. The molecule has 0 radical (unpaired) electrons. The summed E-state index contributed by atoms with van der Waals surface area (Å²) in [5.41, 5.74) is 1.04. The van der Waals surface area contributed by atoms with E-state index in [1.54, 1.807) is 18.2 Å². The van der Waals surface area contributed by atoms with Crippen LogP contribution >= 0.6 is 0 Å². The summed E-state index contributed by atoms with van der Waals surface area (Å²) in [7, 11) is 0. The highest BCUT2D eigenvalue weighted by molar-refractivity contribution is 5.86. The molecule has 0 aliphatic carbocycles. The van der Waals surface area contributed by atoms with Gasteiger partial charge >= 0.3 is 0 Å². The first-order chi connectivity index (χ1) is 7.26. The fourth-order valence-electron chi connectivity index (χ4n) is 1.42. The minimum atomic E-state index is -0.184. The molecule has 0 saturated carbocycles. The van der Waals surface area contributed by atoms with Crippen LogP contribution in [-0.4, -0.2) is 15.2 Å². The maximum atomic E-state index is 9.45. The maximum Gasteiger partial charge on any atom is 0.135 e. The van der Waals surface area contributed by atoms with Crippen molar-refractivity contribution in [2.45, 2.75) is 6.61 Å². The van der Waals surface area contributed by atoms with E-state index in [1.807, 2.05) is 6.07 Å². The van der Waals surface area contributed by atoms with Crippen molar-refractivity contribution in [2.75, 3.05) is 0 Å². The van der Waals surface area contributed by atoms with Gasteiger partial charge < -0.3 is 10.2 Å². The molecular formula is C11H8N2O2. The average molecular weight is 200 g/mol. The largest absolute Gasteiger partial charge is 0.506 e. The third-order valence-corrected chi connectivity index (χ3v) is 2.17. The molecular weight excluding hydrogens is 192 g/mol. The Bertz CT molecular complexity index is 558. The van der Waals surface area contributed by atoms with Gasteiger partial charge in [-0.3, -0.25) is 0 Å². The second-order valence-electron chi connectivity index (χ2n) is 3.10. The molecule has 4 nitrogen and oxygen atoms in total. The number of aliphatic hydroxyl groups excluding tert-OH is 1. The molecule has 2 aromatic rings. The van der Waals surface area contributed by atoms with E-state index < -0.39 is 0 Å². The highest BCUT2D eigenvalue weighted by Gasteiger charge is 2.07. The minimum absolute atomic E-state index is 0.0902. The van der Waals surface area contributed by atoms with Gasteiger partial charge in [-0.1, -0.05) is 6.07 Å². The Balaban J connectivity index is 2.83. The number of phenolic OH excluding ortho intramolecular Hbond substituents is 1. The lowest BCUT2D eigenvalue weighted by atomic mass is 10.1. The molecule has 1 heterocycles. The molecule has 0 unspecified atom stereocenters. The molecule has 74 valence electrons. The number of hydrogen-bond donors (Lipinski definition) is 2. The highest BCUT2D eigenvalue weighted by Crippen LogP contribution is 2.24. The van der Waals surface area contributed by atoms with Gasteiger partial charge in [0.25, 0.3) is 0 Å². The van der Waals surface area contributed by atoms with Crippen LogP contribution in [0.15, 0.2) is 24.3 Å². The number of aromatic nitrogens is 1. The fraction of sp³-hybridized carbons (Fsp3) is 0.0909. The quantitative estimate of drug-likeness (QED) is 0.727. The van der Waals surface area contributed by atoms with Gasteiger partial charge in [0.1, 0.15) is 17.4 Å². The van der Waals surface area contributed by atoms with Gasteiger partial charge in [0.15, 0.2) is 0 Å². The molecule has 0 saturated heterocycles. The lowest BCUT2D eigenvalue weighted by molar-refractivity contribution is 0.277. The summed E-state index contributed by atoms with van der Waals surface area (Å²) < 4.78 is 0. The number of aliphatic hydroxyl groups is 1. The number of fused-ring (bicyclic) bond motifs is 1. The first kappa shape index (κ1) is 9.44. The van der Waals surface area contributed by atoms with Gasteiger partial charge in [-0.05, 0) is 18.2 Å². The monoisotopic (exact) mass is 200 g/mol. The molecule has 1 aromatic carbocycles. The number of nitrogens with zero attached hydrogens (tertiary/aromatic N) is 2. The zero-order chi connectivity index (χ0) is 10.8. The van der Waals surface area contributed by atoms with Crippen LogP contribution in [0.2, 0.25) is 0 Å². The van der Waals surface area contributed by atoms with E-state index in [-0.39, 0.29) is 17.9 Å². The van der Waals surface area contributed by atoms with Crippen LogP contribution in [0.4, 0.5) is 0 Å². The summed E-state index contributed by atoms with van der Waals surface area (Å²) in [4.78, 5) is 4.09. The van der Waals surface area contributed by atoms with Crippen molar-refractivity contribution in [1.29, 1.82) is 5.26 Å². The SMILES string of the molecule is N#Cc1c(O)ccc2ccc(CO)nc12. The van der Waals surface area contributed by atoms with Gasteiger partial charge in [-0.2, -0.15) is 5.26 Å². The molecule has 2 rings (SSSR count). The van der Waals surface area contributed by atoms with Gasteiger partial charge in [0.05, 0.1) is 17.8 Å². The van der Waals surface area contributed by atoms with E-state index in [0.717, 1.165) is 5.39 Å². The molecule has 0 bridgehead atoms. The summed E-state index contributed by atoms with van der Waals surface area (Å²) in [5, 5.41) is 28.0. The zero-order valence-corrected chi connectivity index (χ0v) is 7.81. The number of aromatic hydroxyl groups is 1. The van der Waals surface area contributed by atoms with Crippen molar-refractivity contribution >= 4 is 10.9 Å². The van der Waals surface area contributed by atoms with Crippen molar-refractivity contribution < 1.29 is 10.2 Å². The van der Waals surface area contributed by atoms with Crippen LogP contribution in [0.3, 0.4) is 0 Å². The van der Waals surface area contributed by atoms with Crippen LogP contribution < -0.4 is 0 Å². The number of hydrogen-bond acceptors (Lipinski definition) is 4. The Hall–Kier alpha value is -2.12. The van der Waals surface area contributed by atoms with E-state index in [0.29, 0.717) is 11.2 Å². The Morgan fingerprint density at radius 2 is 2.00 bits per heavy atom. The van der Waals surface area contributed by atoms with Crippen LogP contribution in [-0.2, 0) is 6.61 Å². The Kier molecular flexibility index (Phi) is 2.24. The van der Waals surface area contributed by atoms with E-state index in [4.69, 9.17) is 10.4 Å². The molecule has 0 amide bonds. The number of benzene rings is 1.